The Bertz CT molecular complexity index is 585. The van der Waals surface area contributed by atoms with Crippen LogP contribution in [0.15, 0.2) is 48.5 Å². The van der Waals surface area contributed by atoms with Crippen molar-refractivity contribution in [1.82, 2.24) is 0 Å². The molecule has 5 heteroatoms. The largest absolute Gasteiger partial charge is 0.484 e. The van der Waals surface area contributed by atoms with E-state index in [1.807, 2.05) is 36.4 Å². The van der Waals surface area contributed by atoms with Gasteiger partial charge in [0.25, 0.3) is 5.91 Å². The van der Waals surface area contributed by atoms with Crippen molar-refractivity contribution < 1.29 is 9.53 Å². The quantitative estimate of drug-likeness (QED) is 0.860. The average Bonchev–Trinajstić information content (AvgIpc) is 2.45. The molecule has 0 saturated carbocycles. The molecule has 0 unspecified atom stereocenters. The summed E-state index contributed by atoms with van der Waals surface area (Å²) in [6.45, 7) is 0.521. The number of anilines is 1. The molecule has 0 aromatic heterocycles. The summed E-state index contributed by atoms with van der Waals surface area (Å²) in [5.41, 5.74) is 6.98. The summed E-state index contributed by atoms with van der Waals surface area (Å²) in [6.07, 6.45) is 0. The molecule has 0 bridgehead atoms. The van der Waals surface area contributed by atoms with E-state index in [2.05, 4.69) is 5.32 Å². The normalized spacial score (nSPS) is 10.1. The van der Waals surface area contributed by atoms with Gasteiger partial charge in [-0.25, -0.2) is 0 Å². The van der Waals surface area contributed by atoms with Crippen LogP contribution in [0.1, 0.15) is 5.56 Å². The molecule has 2 rings (SSSR count). The highest BCUT2D eigenvalue weighted by molar-refractivity contribution is 6.31. The maximum atomic E-state index is 10.6. The van der Waals surface area contributed by atoms with E-state index >= 15 is 0 Å². The third-order valence-electron chi connectivity index (χ3n) is 2.68. The Labute approximate surface area is 122 Å². The van der Waals surface area contributed by atoms with E-state index in [-0.39, 0.29) is 6.61 Å². The topological polar surface area (TPSA) is 64.4 Å². The lowest BCUT2D eigenvalue weighted by atomic mass is 10.2. The van der Waals surface area contributed by atoms with E-state index in [0.29, 0.717) is 12.3 Å². The summed E-state index contributed by atoms with van der Waals surface area (Å²) < 4.78 is 5.18. The van der Waals surface area contributed by atoms with E-state index in [1.54, 1.807) is 12.1 Å². The maximum absolute atomic E-state index is 10.6. The number of nitrogens with one attached hydrogen (secondary N) is 1. The minimum Gasteiger partial charge on any atom is -0.484 e. The molecule has 4 nitrogen and oxygen atoms in total. The first-order valence-corrected chi connectivity index (χ1v) is 6.51. The summed E-state index contributed by atoms with van der Waals surface area (Å²) in [4.78, 5) is 10.6. The Morgan fingerprint density at radius 2 is 1.85 bits per heavy atom. The van der Waals surface area contributed by atoms with E-state index in [0.717, 1.165) is 16.3 Å². The number of primary amides is 1. The van der Waals surface area contributed by atoms with Crippen LogP contribution in [-0.2, 0) is 11.3 Å². The van der Waals surface area contributed by atoms with Gasteiger partial charge < -0.3 is 15.8 Å². The number of halogens is 1. The van der Waals surface area contributed by atoms with Gasteiger partial charge in [0.05, 0.1) is 0 Å². The second-order valence-corrected chi connectivity index (χ2v) is 4.63. The molecule has 0 aliphatic heterocycles. The summed E-state index contributed by atoms with van der Waals surface area (Å²) in [5, 5.41) is 4.00. The minimum atomic E-state index is -0.495. The second-order valence-electron chi connectivity index (χ2n) is 4.22. The Balaban J connectivity index is 1.91. The summed E-state index contributed by atoms with van der Waals surface area (Å²) in [5.74, 6) is 0.109. The molecule has 3 N–H and O–H groups in total. The van der Waals surface area contributed by atoms with Crippen LogP contribution >= 0.6 is 11.6 Å². The molecule has 0 heterocycles. The number of ether oxygens (including phenoxy) is 1. The van der Waals surface area contributed by atoms with Gasteiger partial charge in [0.15, 0.2) is 6.61 Å². The Morgan fingerprint density at radius 3 is 2.50 bits per heavy atom. The van der Waals surface area contributed by atoms with Crippen molar-refractivity contribution in [3.05, 3.63) is 59.1 Å². The van der Waals surface area contributed by atoms with Gasteiger partial charge in [-0.05, 0) is 35.9 Å². The van der Waals surface area contributed by atoms with Gasteiger partial charge in [-0.1, -0.05) is 29.8 Å². The molecule has 1 amide bonds. The number of rotatable bonds is 6. The molecule has 0 aliphatic carbocycles. The second kappa shape index (κ2) is 6.82. The fourth-order valence-corrected chi connectivity index (χ4v) is 1.87. The lowest BCUT2D eigenvalue weighted by Gasteiger charge is -2.09. The zero-order valence-corrected chi connectivity index (χ0v) is 11.6. The highest BCUT2D eigenvalue weighted by Gasteiger charge is 2.00. The van der Waals surface area contributed by atoms with Crippen molar-refractivity contribution in [2.75, 3.05) is 11.9 Å². The highest BCUT2D eigenvalue weighted by atomic mass is 35.5. The predicted octanol–water partition coefficient (Wildman–Crippen LogP) is 2.82. The van der Waals surface area contributed by atoms with Crippen LogP contribution < -0.4 is 15.8 Å². The van der Waals surface area contributed by atoms with Crippen molar-refractivity contribution in [3.8, 4) is 5.75 Å². The van der Waals surface area contributed by atoms with Crippen LogP contribution in [-0.4, -0.2) is 12.5 Å². The van der Waals surface area contributed by atoms with Gasteiger partial charge in [-0.3, -0.25) is 4.79 Å². The van der Waals surface area contributed by atoms with Crippen LogP contribution in [0.5, 0.6) is 5.75 Å². The molecule has 104 valence electrons. The third-order valence-corrected chi connectivity index (χ3v) is 3.04. The van der Waals surface area contributed by atoms with Gasteiger partial charge in [-0.2, -0.15) is 0 Å². The first kappa shape index (κ1) is 14.2. The van der Waals surface area contributed by atoms with Crippen LogP contribution in [0, 0.1) is 0 Å². The number of hydrogen-bond acceptors (Lipinski definition) is 3. The van der Waals surface area contributed by atoms with Gasteiger partial charge in [-0.15, -0.1) is 0 Å². The van der Waals surface area contributed by atoms with Gasteiger partial charge in [0.2, 0.25) is 0 Å². The molecule has 0 fully saturated rings. The first-order chi connectivity index (χ1) is 9.65. The van der Waals surface area contributed by atoms with Crippen molar-refractivity contribution in [1.29, 1.82) is 0 Å². The molecule has 0 radical (unpaired) electrons. The van der Waals surface area contributed by atoms with Gasteiger partial charge in [0.1, 0.15) is 5.75 Å². The number of carbonyl (C=O) groups excluding carboxylic acids is 1. The average molecular weight is 291 g/mol. The van der Waals surface area contributed by atoms with Crippen molar-refractivity contribution >= 4 is 23.2 Å². The summed E-state index contributed by atoms with van der Waals surface area (Å²) in [6, 6.07) is 15.0. The minimum absolute atomic E-state index is 0.119. The molecule has 0 aliphatic rings. The Kier molecular flexibility index (Phi) is 4.85. The zero-order valence-electron chi connectivity index (χ0n) is 10.8. The lowest BCUT2D eigenvalue weighted by Crippen LogP contribution is -2.19. The van der Waals surface area contributed by atoms with E-state index in [9.17, 15) is 4.79 Å². The molecule has 2 aromatic carbocycles. The third kappa shape index (κ3) is 4.17. The molecule has 0 atom stereocenters. The molecule has 0 spiro atoms. The smallest absolute Gasteiger partial charge is 0.255 e. The van der Waals surface area contributed by atoms with E-state index < -0.39 is 5.91 Å². The van der Waals surface area contributed by atoms with Crippen LogP contribution in [0.4, 0.5) is 5.69 Å². The number of carbonyl (C=O) groups is 1. The van der Waals surface area contributed by atoms with Gasteiger partial charge >= 0.3 is 0 Å². The number of benzene rings is 2. The predicted molar refractivity (Wildman–Crippen MR) is 79.9 cm³/mol. The standard InChI is InChI=1S/C15H15ClN2O2/c16-14-4-2-1-3-11(14)9-18-12-5-7-13(8-6-12)20-10-15(17)19/h1-8,18H,9-10H2,(H2,17,19). The molecule has 2 aromatic rings. The molecule has 0 saturated heterocycles. The van der Waals surface area contributed by atoms with Crippen LogP contribution in [0.2, 0.25) is 5.02 Å². The maximum Gasteiger partial charge on any atom is 0.255 e. The van der Waals surface area contributed by atoms with Crippen molar-refractivity contribution in [3.63, 3.8) is 0 Å². The number of amides is 1. The molecular weight excluding hydrogens is 276 g/mol. The molecule has 20 heavy (non-hydrogen) atoms. The fraction of sp³-hybridized carbons (Fsp3) is 0.133. The fourth-order valence-electron chi connectivity index (χ4n) is 1.66. The van der Waals surface area contributed by atoms with E-state index in [1.165, 1.54) is 0 Å². The number of nitrogens with two attached hydrogens (primary N) is 1. The zero-order chi connectivity index (χ0) is 14.4. The van der Waals surface area contributed by atoms with Crippen molar-refractivity contribution in [2.24, 2.45) is 5.73 Å². The first-order valence-electron chi connectivity index (χ1n) is 6.13. The number of hydrogen-bond donors (Lipinski definition) is 2. The van der Waals surface area contributed by atoms with Crippen LogP contribution in [0.3, 0.4) is 0 Å². The lowest BCUT2D eigenvalue weighted by molar-refractivity contribution is -0.119. The van der Waals surface area contributed by atoms with E-state index in [4.69, 9.17) is 22.1 Å². The van der Waals surface area contributed by atoms with Crippen LogP contribution in [0.25, 0.3) is 0 Å². The Hall–Kier alpha value is -2.20. The monoisotopic (exact) mass is 290 g/mol. The Morgan fingerprint density at radius 1 is 1.15 bits per heavy atom. The SMILES string of the molecule is NC(=O)COc1ccc(NCc2ccccc2Cl)cc1. The summed E-state index contributed by atoms with van der Waals surface area (Å²) >= 11 is 6.08. The summed E-state index contributed by atoms with van der Waals surface area (Å²) in [7, 11) is 0. The molecular formula is C15H15ClN2O2. The van der Waals surface area contributed by atoms with Gasteiger partial charge in [0, 0.05) is 17.3 Å². The highest BCUT2D eigenvalue weighted by Crippen LogP contribution is 2.19. The van der Waals surface area contributed by atoms with Crippen molar-refractivity contribution in [2.45, 2.75) is 6.54 Å².